The number of benzene rings is 1. The number of rotatable bonds is 3. The third-order valence-corrected chi connectivity index (χ3v) is 2.38. The molecule has 2 aromatic rings. The van der Waals surface area contributed by atoms with Gasteiger partial charge in [-0.1, -0.05) is 12.1 Å². The lowest BCUT2D eigenvalue weighted by Gasteiger charge is -2.02. The molecule has 0 aliphatic carbocycles. The maximum absolute atomic E-state index is 13.7. The monoisotopic (exact) mass is 241 g/mol. The maximum atomic E-state index is 13.7. The van der Waals surface area contributed by atoms with Crippen molar-refractivity contribution in [3.05, 3.63) is 42.0 Å². The zero-order valence-electron chi connectivity index (χ0n) is 8.78. The molecule has 6 heteroatoms. The molecule has 0 atom stereocenters. The van der Waals surface area contributed by atoms with Gasteiger partial charge in [0, 0.05) is 23.9 Å². The van der Waals surface area contributed by atoms with Crippen molar-refractivity contribution in [3.63, 3.8) is 0 Å². The Balaban J connectivity index is 2.38. The molecule has 0 fully saturated rings. The second kappa shape index (κ2) is 4.58. The standard InChI is InChI=1S/C11H10F3N3/c12-10-3-7(4-15)1-2-9(10)8-5-16-17(6-8)11(13)14/h1-3,5-6,11H,4,15H2. The zero-order chi connectivity index (χ0) is 12.4. The minimum absolute atomic E-state index is 0.230. The van der Waals surface area contributed by atoms with Crippen molar-refractivity contribution in [1.29, 1.82) is 0 Å². The predicted molar refractivity (Wildman–Crippen MR) is 56.8 cm³/mol. The summed E-state index contributed by atoms with van der Waals surface area (Å²) in [6.07, 6.45) is 2.30. The number of halogens is 3. The highest BCUT2D eigenvalue weighted by molar-refractivity contribution is 5.62. The van der Waals surface area contributed by atoms with Crippen LogP contribution >= 0.6 is 0 Å². The lowest BCUT2D eigenvalue weighted by atomic mass is 10.1. The van der Waals surface area contributed by atoms with Gasteiger partial charge in [-0.3, -0.25) is 0 Å². The molecular formula is C11H10F3N3. The van der Waals surface area contributed by atoms with Gasteiger partial charge in [0.25, 0.3) is 0 Å². The highest BCUT2D eigenvalue weighted by Gasteiger charge is 2.11. The average Bonchev–Trinajstić information content (AvgIpc) is 2.78. The van der Waals surface area contributed by atoms with Crippen molar-refractivity contribution in [2.75, 3.05) is 0 Å². The molecule has 0 amide bonds. The van der Waals surface area contributed by atoms with Crippen LogP contribution in [0.15, 0.2) is 30.6 Å². The van der Waals surface area contributed by atoms with Crippen LogP contribution in [0, 0.1) is 5.82 Å². The van der Waals surface area contributed by atoms with Gasteiger partial charge in [-0.15, -0.1) is 0 Å². The smallest absolute Gasteiger partial charge is 0.326 e. The van der Waals surface area contributed by atoms with E-state index in [0.29, 0.717) is 15.8 Å². The highest BCUT2D eigenvalue weighted by atomic mass is 19.3. The molecule has 1 aromatic carbocycles. The van der Waals surface area contributed by atoms with Gasteiger partial charge < -0.3 is 5.73 Å². The van der Waals surface area contributed by atoms with Gasteiger partial charge in [-0.2, -0.15) is 13.9 Å². The number of hydrogen-bond acceptors (Lipinski definition) is 2. The summed E-state index contributed by atoms with van der Waals surface area (Å²) in [7, 11) is 0. The fourth-order valence-corrected chi connectivity index (χ4v) is 1.50. The van der Waals surface area contributed by atoms with Crippen LogP contribution in [0.4, 0.5) is 13.2 Å². The summed E-state index contributed by atoms with van der Waals surface area (Å²) in [4.78, 5) is 0. The second-order valence-electron chi connectivity index (χ2n) is 3.51. The average molecular weight is 241 g/mol. The molecule has 0 bridgehead atoms. The summed E-state index contributed by atoms with van der Waals surface area (Å²) in [6, 6.07) is 4.44. The van der Waals surface area contributed by atoms with Crippen LogP contribution in [0.25, 0.3) is 11.1 Å². The third-order valence-electron chi connectivity index (χ3n) is 2.38. The molecule has 0 radical (unpaired) electrons. The van der Waals surface area contributed by atoms with Crippen LogP contribution in [0.1, 0.15) is 12.1 Å². The van der Waals surface area contributed by atoms with Crippen LogP contribution < -0.4 is 5.73 Å². The number of nitrogens with two attached hydrogens (primary N) is 1. The lowest BCUT2D eigenvalue weighted by Crippen LogP contribution is -1.98. The van der Waals surface area contributed by atoms with Crippen LogP contribution in [0.2, 0.25) is 0 Å². The first-order valence-electron chi connectivity index (χ1n) is 4.93. The van der Waals surface area contributed by atoms with Gasteiger partial charge >= 0.3 is 6.55 Å². The summed E-state index contributed by atoms with van der Waals surface area (Å²) >= 11 is 0. The molecule has 17 heavy (non-hydrogen) atoms. The van der Waals surface area contributed by atoms with Crippen molar-refractivity contribution < 1.29 is 13.2 Å². The Morgan fingerprint density at radius 2 is 2.12 bits per heavy atom. The van der Waals surface area contributed by atoms with E-state index in [0.717, 1.165) is 6.20 Å². The quantitative estimate of drug-likeness (QED) is 0.897. The van der Waals surface area contributed by atoms with Crippen LogP contribution in [-0.2, 0) is 6.54 Å². The second-order valence-corrected chi connectivity index (χ2v) is 3.51. The molecule has 1 aromatic heterocycles. The SMILES string of the molecule is NCc1ccc(-c2cnn(C(F)F)c2)c(F)c1. The zero-order valence-corrected chi connectivity index (χ0v) is 8.78. The van der Waals surface area contributed by atoms with Crippen molar-refractivity contribution >= 4 is 0 Å². The minimum Gasteiger partial charge on any atom is -0.326 e. The Labute approximate surface area is 95.7 Å². The van der Waals surface area contributed by atoms with Crippen molar-refractivity contribution in [2.45, 2.75) is 13.1 Å². The van der Waals surface area contributed by atoms with Crippen LogP contribution in [0.3, 0.4) is 0 Å². The summed E-state index contributed by atoms with van der Waals surface area (Å²) in [6.45, 7) is -2.50. The van der Waals surface area contributed by atoms with E-state index in [2.05, 4.69) is 5.10 Å². The minimum atomic E-state index is -2.73. The van der Waals surface area contributed by atoms with Gasteiger partial charge in [-0.25, -0.2) is 9.07 Å². The molecule has 0 saturated carbocycles. The molecule has 0 spiro atoms. The summed E-state index contributed by atoms with van der Waals surface area (Å²) in [5, 5.41) is 3.45. The molecule has 90 valence electrons. The van der Waals surface area contributed by atoms with Gasteiger partial charge in [0.2, 0.25) is 0 Å². The van der Waals surface area contributed by atoms with Crippen LogP contribution in [0.5, 0.6) is 0 Å². The van der Waals surface area contributed by atoms with Gasteiger partial charge in [-0.05, 0) is 11.6 Å². The first-order valence-corrected chi connectivity index (χ1v) is 4.93. The Hall–Kier alpha value is -1.82. The number of alkyl halides is 2. The Bertz CT molecular complexity index is 522. The number of nitrogens with zero attached hydrogens (tertiary/aromatic N) is 2. The normalized spacial score (nSPS) is 11.1. The topological polar surface area (TPSA) is 43.8 Å². The molecule has 0 saturated heterocycles. The molecule has 2 rings (SSSR count). The predicted octanol–water partition coefficient (Wildman–Crippen LogP) is 2.54. The van der Waals surface area contributed by atoms with E-state index in [4.69, 9.17) is 5.73 Å². The van der Waals surface area contributed by atoms with E-state index in [1.54, 1.807) is 6.07 Å². The van der Waals surface area contributed by atoms with E-state index in [-0.39, 0.29) is 12.1 Å². The Morgan fingerprint density at radius 3 is 2.65 bits per heavy atom. The Kier molecular flexibility index (Phi) is 3.14. The first kappa shape index (κ1) is 11.7. The summed E-state index contributed by atoms with van der Waals surface area (Å²) in [5.41, 5.74) is 6.56. The van der Waals surface area contributed by atoms with E-state index >= 15 is 0 Å². The van der Waals surface area contributed by atoms with Gasteiger partial charge in [0.05, 0.1) is 6.20 Å². The lowest BCUT2D eigenvalue weighted by molar-refractivity contribution is 0.0566. The maximum Gasteiger partial charge on any atom is 0.333 e. The number of hydrogen-bond donors (Lipinski definition) is 1. The number of aromatic nitrogens is 2. The molecule has 3 nitrogen and oxygen atoms in total. The fourth-order valence-electron chi connectivity index (χ4n) is 1.50. The molecule has 1 heterocycles. The van der Waals surface area contributed by atoms with Crippen molar-refractivity contribution in [1.82, 2.24) is 9.78 Å². The van der Waals surface area contributed by atoms with E-state index in [1.807, 2.05) is 0 Å². The van der Waals surface area contributed by atoms with Crippen LogP contribution in [-0.4, -0.2) is 9.78 Å². The van der Waals surface area contributed by atoms with Gasteiger partial charge in [0.1, 0.15) is 5.82 Å². The Morgan fingerprint density at radius 1 is 1.35 bits per heavy atom. The molecule has 0 unspecified atom stereocenters. The van der Waals surface area contributed by atoms with E-state index in [9.17, 15) is 13.2 Å². The summed E-state index contributed by atoms with van der Waals surface area (Å²) in [5.74, 6) is -0.498. The fraction of sp³-hybridized carbons (Fsp3) is 0.182. The first-order chi connectivity index (χ1) is 8.11. The van der Waals surface area contributed by atoms with Gasteiger partial charge in [0.15, 0.2) is 0 Å². The molecular weight excluding hydrogens is 231 g/mol. The molecule has 0 aliphatic rings. The summed E-state index contributed by atoms with van der Waals surface area (Å²) < 4.78 is 38.7. The third kappa shape index (κ3) is 2.31. The van der Waals surface area contributed by atoms with Crippen molar-refractivity contribution in [2.24, 2.45) is 5.73 Å². The molecule has 0 aliphatic heterocycles. The van der Waals surface area contributed by atoms with E-state index in [1.165, 1.54) is 18.3 Å². The highest BCUT2D eigenvalue weighted by Crippen LogP contribution is 2.24. The van der Waals surface area contributed by atoms with Crippen molar-refractivity contribution in [3.8, 4) is 11.1 Å². The van der Waals surface area contributed by atoms with E-state index < -0.39 is 12.4 Å². The largest absolute Gasteiger partial charge is 0.333 e. The molecule has 2 N–H and O–H groups in total.